The average molecular weight is 832 g/mol. The van der Waals surface area contributed by atoms with E-state index in [2.05, 4.69) is 10.3 Å². The molecule has 59 heavy (non-hydrogen) atoms. The summed E-state index contributed by atoms with van der Waals surface area (Å²) >= 11 is 0. The third kappa shape index (κ3) is 7.27. The number of esters is 2. The summed E-state index contributed by atoms with van der Waals surface area (Å²) in [6, 6.07) is 12.8. The van der Waals surface area contributed by atoms with E-state index in [1.165, 1.54) is 43.6 Å². The van der Waals surface area contributed by atoms with E-state index < -0.39 is 95.3 Å². The molecule has 0 radical (unpaired) electrons. The Morgan fingerprint density at radius 3 is 2.31 bits per heavy atom. The largest absolute Gasteiger partial charge is 0.482 e. The van der Waals surface area contributed by atoms with E-state index in [9.17, 15) is 29.5 Å². The Bertz CT molecular complexity index is 2200. The molecule has 0 saturated heterocycles. The molecule has 2 fully saturated rings. The van der Waals surface area contributed by atoms with E-state index in [-0.39, 0.29) is 41.9 Å². The number of carbonyl (C=O) groups excluding carboxylic acids is 3. The molecule has 13 nitrogen and oxygen atoms in total. The number of ether oxygens (including phenoxy) is 3. The van der Waals surface area contributed by atoms with Gasteiger partial charge in [-0.05, 0) is 80.8 Å². The van der Waals surface area contributed by atoms with Crippen molar-refractivity contribution in [2.75, 3.05) is 13.7 Å². The van der Waals surface area contributed by atoms with E-state index >= 15 is 4.11 Å². The summed E-state index contributed by atoms with van der Waals surface area (Å²) < 4.78 is 48.5. The zero-order valence-corrected chi connectivity index (χ0v) is 36.3. The Hall–Kier alpha value is -4.91. The first-order chi connectivity index (χ1) is 27.5. The van der Waals surface area contributed by atoms with Crippen LogP contribution in [0.2, 0.25) is 10.1 Å². The Morgan fingerprint density at radius 1 is 1.07 bits per heavy atom. The predicted molar refractivity (Wildman–Crippen MR) is 216 cm³/mol. The van der Waals surface area contributed by atoms with Crippen LogP contribution >= 0.6 is 0 Å². The number of carbonyl (C=O) groups is 3. The quantitative estimate of drug-likeness (QED) is 0.133. The highest BCUT2D eigenvalue weighted by Crippen LogP contribution is 2.68. The van der Waals surface area contributed by atoms with Gasteiger partial charge in [-0.3, -0.25) is 18.7 Å². The molecule has 2 aliphatic carbocycles. The van der Waals surface area contributed by atoms with Gasteiger partial charge < -0.3 is 33.5 Å². The van der Waals surface area contributed by atoms with Gasteiger partial charge in [-0.1, -0.05) is 48.5 Å². The molecule has 2 aromatic heterocycles. The van der Waals surface area contributed by atoms with Gasteiger partial charge >= 0.3 is 26.2 Å². The van der Waals surface area contributed by atoms with Gasteiger partial charge in [0.2, 0.25) is 5.91 Å². The minimum Gasteiger partial charge on any atom is -0.482 e. The van der Waals surface area contributed by atoms with Gasteiger partial charge in [0, 0.05) is 40.0 Å². The number of hydrogen-bond donors (Lipinski definition) is 2. The lowest BCUT2D eigenvalue weighted by molar-refractivity contribution is -0.255. The third-order valence-electron chi connectivity index (χ3n) is 13.2. The van der Waals surface area contributed by atoms with Gasteiger partial charge in [-0.15, -0.1) is 0 Å². The van der Waals surface area contributed by atoms with Gasteiger partial charge in [-0.2, -0.15) is 5.26 Å². The van der Waals surface area contributed by atoms with Crippen molar-refractivity contribution in [2.24, 2.45) is 22.7 Å². The number of aliphatic hydroxyl groups excluding tert-OH is 1. The number of pyridine rings is 1. The zero-order chi connectivity index (χ0) is 43.5. The number of nitriles is 1. The van der Waals surface area contributed by atoms with Crippen LogP contribution in [0.1, 0.15) is 109 Å². The van der Waals surface area contributed by atoms with Gasteiger partial charge in [-0.25, -0.2) is 9.59 Å². The second kappa shape index (κ2) is 15.3. The van der Waals surface area contributed by atoms with Crippen LogP contribution in [-0.2, 0) is 23.5 Å². The van der Waals surface area contributed by atoms with Gasteiger partial charge in [0.05, 0.1) is 41.9 Å². The number of aromatic nitrogens is 1. The fourth-order valence-electron chi connectivity index (χ4n) is 10.3. The maximum absolute atomic E-state index is 17.8. The summed E-state index contributed by atoms with van der Waals surface area (Å²) in [5.74, 6) is -3.74. The maximum atomic E-state index is 17.8. The van der Waals surface area contributed by atoms with Gasteiger partial charge in [0.15, 0.2) is 0 Å². The van der Waals surface area contributed by atoms with Crippen molar-refractivity contribution in [1.82, 2.24) is 10.3 Å². The molecule has 3 aromatic rings. The summed E-state index contributed by atoms with van der Waals surface area (Å²) in [6.07, 6.45) is -0.262. The third-order valence-corrected chi connectivity index (χ3v) is 17.7. The van der Waals surface area contributed by atoms with Crippen molar-refractivity contribution in [2.45, 2.75) is 116 Å². The number of halogens is 1. The van der Waals surface area contributed by atoms with Crippen LogP contribution in [0.4, 0.5) is 4.11 Å². The number of fused-ring (bicyclic) bond motifs is 4. The van der Waals surface area contributed by atoms with Gasteiger partial charge in [0.1, 0.15) is 35.3 Å². The molecule has 316 valence electrons. The molecular weight excluding hydrogens is 778 g/mol. The molecule has 0 spiro atoms. The van der Waals surface area contributed by atoms with E-state index in [4.69, 9.17) is 23.1 Å². The highest BCUT2D eigenvalue weighted by atomic mass is 28.4. The number of benzene rings is 1. The van der Waals surface area contributed by atoms with E-state index in [0.717, 1.165) is 0 Å². The van der Waals surface area contributed by atoms with Crippen LogP contribution in [0.15, 0.2) is 64.1 Å². The number of nitrogens with zero attached hydrogens (tertiary/aromatic N) is 2. The fourth-order valence-corrected chi connectivity index (χ4v) is 14.0. The van der Waals surface area contributed by atoms with Crippen LogP contribution < -0.4 is 15.7 Å². The Morgan fingerprint density at radius 2 is 1.73 bits per heavy atom. The van der Waals surface area contributed by atoms with Crippen molar-refractivity contribution in [3.63, 3.8) is 0 Å². The second-order valence-corrected chi connectivity index (χ2v) is 23.2. The summed E-state index contributed by atoms with van der Waals surface area (Å²) in [5, 5.41) is 22.8. The topological polar surface area (TPSA) is 187 Å². The number of amides is 1. The molecule has 2 saturated carbocycles. The Kier molecular flexibility index (Phi) is 11.3. The van der Waals surface area contributed by atoms with Crippen molar-refractivity contribution in [3.8, 4) is 23.1 Å². The Balaban J connectivity index is 1.54. The normalized spacial score (nSPS) is 29.0. The number of hydrogen-bond acceptors (Lipinski definition) is 12. The minimum absolute atomic E-state index is 0.0294. The van der Waals surface area contributed by atoms with E-state index in [1.54, 1.807) is 73.7 Å². The molecule has 1 amide bonds. The molecule has 0 unspecified atom stereocenters. The van der Waals surface area contributed by atoms with Crippen LogP contribution in [0.3, 0.4) is 0 Å². The average Bonchev–Trinajstić information content (AvgIpc) is 3.17. The van der Waals surface area contributed by atoms with Crippen molar-refractivity contribution < 1.29 is 46.7 Å². The summed E-state index contributed by atoms with van der Waals surface area (Å²) in [7, 11) is -3.07. The van der Waals surface area contributed by atoms with Crippen LogP contribution in [0.5, 0.6) is 5.75 Å². The first kappa shape index (κ1) is 43.7. The number of methoxy groups -OCH3 is 1. The minimum atomic E-state index is -4.27. The number of nitrogens with one attached hydrogen (secondary N) is 1. The number of rotatable bonds is 8. The zero-order valence-electron chi connectivity index (χ0n) is 35.3. The summed E-state index contributed by atoms with van der Waals surface area (Å²) in [5.41, 5.74) is -4.22. The van der Waals surface area contributed by atoms with E-state index in [0.29, 0.717) is 11.1 Å². The molecule has 1 aromatic carbocycles. The van der Waals surface area contributed by atoms with Crippen molar-refractivity contribution in [3.05, 3.63) is 82.0 Å². The van der Waals surface area contributed by atoms with Crippen molar-refractivity contribution in [1.29, 1.82) is 5.26 Å². The first-order valence-corrected chi connectivity index (χ1v) is 21.6. The molecule has 6 rings (SSSR count). The van der Waals surface area contributed by atoms with Crippen molar-refractivity contribution >= 4 is 26.5 Å². The molecule has 3 aliphatic rings. The lowest BCUT2D eigenvalue weighted by atomic mass is 9.42. The highest BCUT2D eigenvalue weighted by Gasteiger charge is 2.73. The summed E-state index contributed by atoms with van der Waals surface area (Å²) in [6.45, 7) is 15.5. The van der Waals surface area contributed by atoms with Gasteiger partial charge in [0.25, 0.3) is 0 Å². The van der Waals surface area contributed by atoms with Crippen LogP contribution in [0, 0.1) is 34.0 Å². The predicted octanol–water partition coefficient (Wildman–Crippen LogP) is 7.11. The SMILES string of the molecule is COC(=O)CNC(=O)[C@]1(C)[C@@H](O[Si](F)(C(C)(C)C)C(C)(C)C)CC[C@]2(C)[C@H]3[C@@H](O)c4c(cc(-c5cccnc5)oc4=O)O[C@]3(C)[C@@H](OC(=O)c3ccc(C#N)cc3)C[C@H]21. The van der Waals surface area contributed by atoms with Crippen LogP contribution in [-0.4, -0.2) is 68.1 Å². The standard InChI is InChI=1S/C44H54FN3O10Si/c1-40(2,3)59(45,41(4,5)6)58-31-17-18-42(7)30(43(31,8)39(53)48-24-33(49)54-10)21-32(56-37(51)26-15-13-25(22-46)14-16-26)44(9)36(42)35(50)34-29(57-44)20-28(55-38(34)52)27-12-11-19-47-23-27/h11-16,19-20,23,30-32,35-36,50H,17-18,21,24H2,1-10H3,(H,48,53)/t30-,31+,32+,35+,36-,42+,43+,44-/m1/s1. The summed E-state index contributed by atoms with van der Waals surface area (Å²) in [4.78, 5) is 59.4. The highest BCUT2D eigenvalue weighted by molar-refractivity contribution is 6.72. The Labute approximate surface area is 344 Å². The number of aliphatic hydroxyl groups is 1. The molecular formula is C44H54FN3O10Si. The molecule has 3 heterocycles. The smallest absolute Gasteiger partial charge is 0.394 e. The molecule has 0 bridgehead atoms. The first-order valence-electron chi connectivity index (χ1n) is 19.8. The van der Waals surface area contributed by atoms with E-state index in [1.807, 2.05) is 13.0 Å². The molecule has 2 N–H and O–H groups in total. The second-order valence-electron chi connectivity index (χ2n) is 18.8. The molecule has 15 heteroatoms. The van der Waals surface area contributed by atoms with Crippen LogP contribution in [0.25, 0.3) is 11.3 Å². The molecule has 1 aliphatic heterocycles. The fraction of sp³-hybridized carbons (Fsp3) is 0.545. The lowest BCUT2D eigenvalue weighted by Gasteiger charge is -2.66. The maximum Gasteiger partial charge on any atom is 0.394 e. The monoisotopic (exact) mass is 831 g/mol. The lowest BCUT2D eigenvalue weighted by Crippen LogP contribution is -2.73. The molecule has 8 atom stereocenters.